The topological polar surface area (TPSA) is 26.3 Å². The largest absolute Gasteiger partial charge is 0.469 e. The number of esters is 1. The zero-order valence-electron chi connectivity index (χ0n) is 6.59. The molecular weight excluding hydrogens is 128 g/mol. The number of ether oxygens (including phenoxy) is 1. The number of hydrogen-bond acceptors (Lipinski definition) is 2. The van der Waals surface area contributed by atoms with Gasteiger partial charge in [-0.25, -0.2) is 0 Å². The van der Waals surface area contributed by atoms with Crippen molar-refractivity contribution < 1.29 is 9.53 Å². The fourth-order valence-electron chi connectivity index (χ4n) is 0.797. The monoisotopic (exact) mass is 142 g/mol. The molecule has 0 bridgehead atoms. The third kappa shape index (κ3) is 2.67. The van der Waals surface area contributed by atoms with Crippen LogP contribution in [0.4, 0.5) is 0 Å². The summed E-state index contributed by atoms with van der Waals surface area (Å²) in [6, 6.07) is 0. The average molecular weight is 142 g/mol. The molecule has 0 saturated carbocycles. The first-order chi connectivity index (χ1) is 4.76. The van der Waals surface area contributed by atoms with Gasteiger partial charge < -0.3 is 4.74 Å². The Balaban J connectivity index is 3.79. The zero-order chi connectivity index (χ0) is 7.98. The molecule has 0 aliphatic rings. The molecule has 0 N–H and O–H groups in total. The van der Waals surface area contributed by atoms with Gasteiger partial charge in [0.2, 0.25) is 0 Å². The van der Waals surface area contributed by atoms with E-state index in [0.717, 1.165) is 6.42 Å². The van der Waals surface area contributed by atoms with Crippen LogP contribution in [-0.2, 0) is 9.53 Å². The Morgan fingerprint density at radius 1 is 1.80 bits per heavy atom. The quantitative estimate of drug-likeness (QED) is 0.441. The van der Waals surface area contributed by atoms with Crippen LogP contribution in [0, 0.1) is 5.92 Å². The molecule has 2 nitrogen and oxygen atoms in total. The maximum Gasteiger partial charge on any atom is 0.308 e. The molecule has 2 heteroatoms. The van der Waals surface area contributed by atoms with Crippen molar-refractivity contribution in [2.24, 2.45) is 5.92 Å². The summed E-state index contributed by atoms with van der Waals surface area (Å²) >= 11 is 0. The summed E-state index contributed by atoms with van der Waals surface area (Å²) in [4.78, 5) is 10.9. The van der Waals surface area contributed by atoms with E-state index < -0.39 is 0 Å². The molecule has 0 aromatic rings. The number of carbonyl (C=O) groups excluding carboxylic acids is 1. The van der Waals surface area contributed by atoms with Crippen LogP contribution in [0.25, 0.3) is 0 Å². The van der Waals surface area contributed by atoms with E-state index in [-0.39, 0.29) is 11.9 Å². The first-order valence-corrected chi connectivity index (χ1v) is 3.45. The van der Waals surface area contributed by atoms with E-state index in [1.165, 1.54) is 7.11 Å². The number of carbonyl (C=O) groups is 1. The van der Waals surface area contributed by atoms with E-state index in [4.69, 9.17) is 0 Å². The molecular formula is C8H14O2. The summed E-state index contributed by atoms with van der Waals surface area (Å²) < 4.78 is 4.57. The molecule has 0 spiro atoms. The summed E-state index contributed by atoms with van der Waals surface area (Å²) in [5.74, 6) is -0.134. The Bertz CT molecular complexity index is 118. The van der Waals surface area contributed by atoms with E-state index >= 15 is 0 Å². The molecule has 0 unspecified atom stereocenters. The van der Waals surface area contributed by atoms with Gasteiger partial charge in [-0.2, -0.15) is 0 Å². The minimum Gasteiger partial charge on any atom is -0.469 e. The molecule has 58 valence electrons. The fourth-order valence-corrected chi connectivity index (χ4v) is 0.797. The number of allylic oxidation sites excluding steroid dienone is 1. The van der Waals surface area contributed by atoms with Gasteiger partial charge in [0.1, 0.15) is 0 Å². The molecule has 10 heavy (non-hydrogen) atoms. The van der Waals surface area contributed by atoms with Gasteiger partial charge in [-0.15, -0.1) is 6.58 Å². The van der Waals surface area contributed by atoms with Crippen molar-refractivity contribution in [3.8, 4) is 0 Å². The van der Waals surface area contributed by atoms with Gasteiger partial charge in [-0.1, -0.05) is 13.0 Å². The average Bonchev–Trinajstić information content (AvgIpc) is 1.99. The second kappa shape index (κ2) is 5.03. The zero-order valence-corrected chi connectivity index (χ0v) is 6.59. The Kier molecular flexibility index (Phi) is 4.63. The third-order valence-electron chi connectivity index (χ3n) is 1.48. The summed E-state index contributed by atoms with van der Waals surface area (Å²) in [6.07, 6.45) is 3.27. The molecule has 0 aliphatic carbocycles. The summed E-state index contributed by atoms with van der Waals surface area (Å²) in [5.41, 5.74) is 0. The van der Waals surface area contributed by atoms with Crippen LogP contribution in [0.2, 0.25) is 0 Å². The fraction of sp³-hybridized carbons (Fsp3) is 0.625. The van der Waals surface area contributed by atoms with Crippen molar-refractivity contribution in [1.82, 2.24) is 0 Å². The predicted molar refractivity (Wildman–Crippen MR) is 40.6 cm³/mol. The summed E-state index contributed by atoms with van der Waals surface area (Å²) in [7, 11) is 1.41. The van der Waals surface area contributed by atoms with Crippen LogP contribution in [0.5, 0.6) is 0 Å². The van der Waals surface area contributed by atoms with Crippen LogP contribution in [-0.4, -0.2) is 13.1 Å². The van der Waals surface area contributed by atoms with Gasteiger partial charge in [-0.3, -0.25) is 4.79 Å². The van der Waals surface area contributed by atoms with Gasteiger partial charge in [0.05, 0.1) is 13.0 Å². The number of rotatable bonds is 4. The minimum atomic E-state index is -0.137. The Hall–Kier alpha value is -0.790. The van der Waals surface area contributed by atoms with E-state index in [1.807, 2.05) is 6.92 Å². The second-order valence-electron chi connectivity index (χ2n) is 2.15. The minimum absolute atomic E-state index is 0.00231. The Labute approximate surface area is 61.9 Å². The lowest BCUT2D eigenvalue weighted by atomic mass is 10.0. The molecule has 0 radical (unpaired) electrons. The van der Waals surface area contributed by atoms with Crippen molar-refractivity contribution in [3.05, 3.63) is 12.7 Å². The second-order valence-corrected chi connectivity index (χ2v) is 2.15. The lowest BCUT2D eigenvalue weighted by Gasteiger charge is -2.08. The lowest BCUT2D eigenvalue weighted by molar-refractivity contribution is -0.145. The van der Waals surface area contributed by atoms with E-state index in [0.29, 0.717) is 6.42 Å². The van der Waals surface area contributed by atoms with Crippen LogP contribution in [0.15, 0.2) is 12.7 Å². The Morgan fingerprint density at radius 2 is 2.40 bits per heavy atom. The van der Waals surface area contributed by atoms with Gasteiger partial charge >= 0.3 is 5.97 Å². The first kappa shape index (κ1) is 9.21. The first-order valence-electron chi connectivity index (χ1n) is 3.45. The van der Waals surface area contributed by atoms with Crippen molar-refractivity contribution in [2.45, 2.75) is 19.8 Å². The van der Waals surface area contributed by atoms with Gasteiger partial charge in [0.25, 0.3) is 0 Å². The number of methoxy groups -OCH3 is 1. The van der Waals surface area contributed by atoms with Gasteiger partial charge in [0.15, 0.2) is 0 Å². The van der Waals surface area contributed by atoms with Crippen LogP contribution >= 0.6 is 0 Å². The third-order valence-corrected chi connectivity index (χ3v) is 1.48. The molecule has 0 aromatic heterocycles. The van der Waals surface area contributed by atoms with E-state index in [2.05, 4.69) is 11.3 Å². The highest BCUT2D eigenvalue weighted by Crippen LogP contribution is 2.09. The van der Waals surface area contributed by atoms with Gasteiger partial charge in [0, 0.05) is 0 Å². The molecule has 0 aliphatic heterocycles. The maximum atomic E-state index is 10.9. The molecule has 0 saturated heterocycles. The van der Waals surface area contributed by atoms with Gasteiger partial charge in [-0.05, 0) is 12.8 Å². The van der Waals surface area contributed by atoms with Crippen molar-refractivity contribution >= 4 is 5.97 Å². The highest BCUT2D eigenvalue weighted by Gasteiger charge is 2.13. The highest BCUT2D eigenvalue weighted by molar-refractivity contribution is 5.72. The molecule has 1 atom stereocenters. The van der Waals surface area contributed by atoms with Crippen molar-refractivity contribution in [2.75, 3.05) is 7.11 Å². The number of hydrogen-bond donors (Lipinski definition) is 0. The van der Waals surface area contributed by atoms with Crippen molar-refractivity contribution in [3.63, 3.8) is 0 Å². The van der Waals surface area contributed by atoms with Crippen LogP contribution < -0.4 is 0 Å². The standard InChI is InChI=1S/C8H14O2/c1-4-6-7(5-2)8(9)10-3/h4,7H,1,5-6H2,2-3H3/t7-/m1/s1. The smallest absolute Gasteiger partial charge is 0.308 e. The lowest BCUT2D eigenvalue weighted by Crippen LogP contribution is -2.14. The highest BCUT2D eigenvalue weighted by atomic mass is 16.5. The molecule has 0 aromatic carbocycles. The van der Waals surface area contributed by atoms with E-state index in [1.54, 1.807) is 6.08 Å². The summed E-state index contributed by atoms with van der Waals surface area (Å²) in [6.45, 7) is 5.52. The maximum absolute atomic E-state index is 10.9. The van der Waals surface area contributed by atoms with Crippen LogP contribution in [0.3, 0.4) is 0 Å². The van der Waals surface area contributed by atoms with Crippen molar-refractivity contribution in [1.29, 1.82) is 0 Å². The normalized spacial score (nSPS) is 12.2. The Morgan fingerprint density at radius 3 is 2.70 bits per heavy atom. The molecule has 0 fully saturated rings. The SMILES string of the molecule is C=CC[C@@H](CC)C(=O)OC. The summed E-state index contributed by atoms with van der Waals surface area (Å²) in [5, 5.41) is 0. The molecule has 0 rings (SSSR count). The predicted octanol–water partition coefficient (Wildman–Crippen LogP) is 1.76. The van der Waals surface area contributed by atoms with E-state index in [9.17, 15) is 4.79 Å². The van der Waals surface area contributed by atoms with Crippen LogP contribution in [0.1, 0.15) is 19.8 Å². The molecule has 0 heterocycles. The molecule has 0 amide bonds.